The molecule has 1 aromatic rings. The van der Waals surface area contributed by atoms with Crippen LogP contribution in [-0.2, 0) is 19.5 Å². The number of hydrogen-bond donors (Lipinski definition) is 1. The van der Waals surface area contributed by atoms with Crippen molar-refractivity contribution < 1.29 is 33.8 Å². The summed E-state index contributed by atoms with van der Waals surface area (Å²) in [5.41, 5.74) is 0. The standard InChI is InChI=1S/C6H6O3.Zn/c1-4-2-3-5(9-4)6(7)8;/h2-3H,1H3,(H,7,8);. The number of carboxylic acid groups (broad SMARTS) is 1. The molecule has 1 aromatic heterocycles. The number of furan rings is 1. The smallest absolute Gasteiger partial charge is 0.371 e. The summed E-state index contributed by atoms with van der Waals surface area (Å²) < 4.78 is 4.75. The van der Waals surface area contributed by atoms with E-state index in [4.69, 9.17) is 9.52 Å². The van der Waals surface area contributed by atoms with Crippen molar-refractivity contribution >= 4 is 5.97 Å². The Bertz CT molecular complexity index is 229. The van der Waals surface area contributed by atoms with E-state index in [0.29, 0.717) is 5.76 Å². The van der Waals surface area contributed by atoms with Gasteiger partial charge in [0.05, 0.1) is 0 Å². The molecule has 0 spiro atoms. The fraction of sp³-hybridized carbons (Fsp3) is 0.167. The summed E-state index contributed by atoms with van der Waals surface area (Å²) in [6.07, 6.45) is 0. The van der Waals surface area contributed by atoms with Gasteiger partial charge in [-0.3, -0.25) is 0 Å². The Labute approximate surface area is 70.8 Å². The monoisotopic (exact) mass is 190 g/mol. The number of aromatic carboxylic acids is 1. The number of hydrogen-bond acceptors (Lipinski definition) is 2. The Hall–Kier alpha value is -0.627. The van der Waals surface area contributed by atoms with Gasteiger partial charge in [-0.15, -0.1) is 0 Å². The van der Waals surface area contributed by atoms with Gasteiger partial charge < -0.3 is 9.52 Å². The van der Waals surface area contributed by atoms with Gasteiger partial charge in [-0.05, 0) is 19.1 Å². The maximum atomic E-state index is 10.1. The summed E-state index contributed by atoms with van der Waals surface area (Å²) in [6, 6.07) is 3.04. The largest absolute Gasteiger partial charge is 0.475 e. The van der Waals surface area contributed by atoms with Crippen molar-refractivity contribution in [1.29, 1.82) is 0 Å². The zero-order valence-electron chi connectivity index (χ0n) is 5.63. The van der Waals surface area contributed by atoms with Crippen LogP contribution in [0.3, 0.4) is 0 Å². The molecule has 0 aliphatic carbocycles. The van der Waals surface area contributed by atoms with Crippen LogP contribution in [0.4, 0.5) is 0 Å². The summed E-state index contributed by atoms with van der Waals surface area (Å²) in [5.74, 6) is -0.414. The SMILES string of the molecule is Cc1ccc(C(=O)O)o1.[Zn]. The van der Waals surface area contributed by atoms with Gasteiger partial charge >= 0.3 is 5.97 Å². The third-order valence-electron chi connectivity index (χ3n) is 0.951. The van der Waals surface area contributed by atoms with Gasteiger partial charge in [0, 0.05) is 19.5 Å². The summed E-state index contributed by atoms with van der Waals surface area (Å²) in [7, 11) is 0. The number of rotatable bonds is 1. The van der Waals surface area contributed by atoms with Crippen molar-refractivity contribution in [2.45, 2.75) is 6.92 Å². The first kappa shape index (κ1) is 9.37. The molecular weight excluding hydrogens is 185 g/mol. The predicted octanol–water partition coefficient (Wildman–Crippen LogP) is 1.28. The summed E-state index contributed by atoms with van der Waals surface area (Å²) in [5, 5.41) is 8.30. The molecule has 1 heterocycles. The maximum absolute atomic E-state index is 10.1. The topological polar surface area (TPSA) is 50.4 Å². The second-order valence-electron chi connectivity index (χ2n) is 1.72. The minimum Gasteiger partial charge on any atom is -0.475 e. The fourth-order valence-electron chi connectivity index (χ4n) is 0.549. The Balaban J connectivity index is 0.000000810. The molecule has 1 rings (SSSR count). The third-order valence-corrected chi connectivity index (χ3v) is 0.951. The number of carbonyl (C=O) groups is 1. The Morgan fingerprint density at radius 3 is 2.40 bits per heavy atom. The molecule has 0 aromatic carbocycles. The zero-order chi connectivity index (χ0) is 6.85. The van der Waals surface area contributed by atoms with Crippen molar-refractivity contribution in [3.63, 3.8) is 0 Å². The van der Waals surface area contributed by atoms with Crippen LogP contribution < -0.4 is 0 Å². The Morgan fingerprint density at radius 1 is 1.60 bits per heavy atom. The molecule has 10 heavy (non-hydrogen) atoms. The molecule has 0 atom stereocenters. The minimum atomic E-state index is -1.02. The molecular formula is C6H6O3Zn. The number of aryl methyl sites for hydroxylation is 1. The molecule has 4 heteroatoms. The van der Waals surface area contributed by atoms with Gasteiger partial charge in [0.25, 0.3) is 0 Å². The van der Waals surface area contributed by atoms with Crippen LogP contribution in [0.25, 0.3) is 0 Å². The molecule has 0 aliphatic rings. The van der Waals surface area contributed by atoms with E-state index in [9.17, 15) is 4.79 Å². The minimum absolute atomic E-state index is 0. The molecule has 0 bridgehead atoms. The Morgan fingerprint density at radius 2 is 2.20 bits per heavy atom. The van der Waals surface area contributed by atoms with Crippen molar-refractivity contribution in [1.82, 2.24) is 0 Å². The molecule has 0 saturated carbocycles. The van der Waals surface area contributed by atoms with Crippen LogP contribution in [0.5, 0.6) is 0 Å². The van der Waals surface area contributed by atoms with E-state index in [2.05, 4.69) is 0 Å². The average molecular weight is 192 g/mol. The normalized spacial score (nSPS) is 8.50. The van der Waals surface area contributed by atoms with Gasteiger partial charge in [-0.2, -0.15) is 0 Å². The average Bonchev–Trinajstić information content (AvgIpc) is 2.14. The first-order valence-corrected chi connectivity index (χ1v) is 2.50. The second kappa shape index (κ2) is 3.52. The Kier molecular flexibility index (Phi) is 3.30. The van der Waals surface area contributed by atoms with E-state index >= 15 is 0 Å². The molecule has 0 unspecified atom stereocenters. The van der Waals surface area contributed by atoms with Crippen molar-refractivity contribution in [2.24, 2.45) is 0 Å². The van der Waals surface area contributed by atoms with Crippen molar-refractivity contribution in [2.75, 3.05) is 0 Å². The van der Waals surface area contributed by atoms with Gasteiger partial charge in [-0.25, -0.2) is 4.79 Å². The van der Waals surface area contributed by atoms with E-state index in [-0.39, 0.29) is 25.2 Å². The van der Waals surface area contributed by atoms with Gasteiger partial charge in [-0.1, -0.05) is 0 Å². The summed E-state index contributed by atoms with van der Waals surface area (Å²) in [6.45, 7) is 1.70. The zero-order valence-corrected chi connectivity index (χ0v) is 8.59. The van der Waals surface area contributed by atoms with Crippen LogP contribution in [0.2, 0.25) is 0 Å². The maximum Gasteiger partial charge on any atom is 0.371 e. The quantitative estimate of drug-likeness (QED) is 0.681. The first-order chi connectivity index (χ1) is 4.20. The van der Waals surface area contributed by atoms with Crippen LogP contribution in [0.1, 0.15) is 16.3 Å². The predicted molar refractivity (Wildman–Crippen MR) is 30.4 cm³/mol. The molecule has 0 aliphatic heterocycles. The van der Waals surface area contributed by atoms with E-state index in [1.807, 2.05) is 0 Å². The van der Waals surface area contributed by atoms with Gasteiger partial charge in [0.2, 0.25) is 5.76 Å². The first-order valence-electron chi connectivity index (χ1n) is 2.50. The van der Waals surface area contributed by atoms with Crippen molar-refractivity contribution in [3.05, 3.63) is 23.7 Å². The van der Waals surface area contributed by atoms with E-state index in [0.717, 1.165) is 0 Å². The molecule has 0 radical (unpaired) electrons. The van der Waals surface area contributed by atoms with Crippen molar-refractivity contribution in [3.8, 4) is 0 Å². The van der Waals surface area contributed by atoms with Crippen LogP contribution in [0.15, 0.2) is 16.5 Å². The summed E-state index contributed by atoms with van der Waals surface area (Å²) in [4.78, 5) is 10.1. The van der Waals surface area contributed by atoms with E-state index in [1.54, 1.807) is 13.0 Å². The molecule has 0 fully saturated rings. The number of carboxylic acids is 1. The van der Waals surface area contributed by atoms with E-state index < -0.39 is 5.97 Å². The third kappa shape index (κ3) is 1.96. The van der Waals surface area contributed by atoms with E-state index in [1.165, 1.54) is 6.07 Å². The van der Waals surface area contributed by atoms with Crippen LogP contribution >= 0.6 is 0 Å². The molecule has 1 N–H and O–H groups in total. The molecule has 0 amide bonds. The summed E-state index contributed by atoms with van der Waals surface area (Å²) >= 11 is 0. The molecule has 3 nitrogen and oxygen atoms in total. The van der Waals surface area contributed by atoms with Gasteiger partial charge in [0.1, 0.15) is 5.76 Å². The molecule has 50 valence electrons. The van der Waals surface area contributed by atoms with Crippen LogP contribution in [-0.4, -0.2) is 11.1 Å². The molecule has 0 saturated heterocycles. The van der Waals surface area contributed by atoms with Gasteiger partial charge in [0.15, 0.2) is 0 Å². The second-order valence-corrected chi connectivity index (χ2v) is 1.72. The fourth-order valence-corrected chi connectivity index (χ4v) is 0.549. The van der Waals surface area contributed by atoms with Crippen LogP contribution in [0, 0.1) is 6.92 Å².